The number of benzene rings is 9. The SMILES string of the molecule is C1=Cc2c(c(-c3ccc4sc5c(c4c3)=CCC(c3c4ccccc4c(-c4ccccc4)c4ccccc34)C=5)c3ccccc3c2-c2ccc3oc4ccccc4c3c2)CC1. The Bertz CT molecular complexity index is 3690. The minimum atomic E-state index is 0.277. The fraction of sp³-hybridized carbons (Fsp3) is 0.0690. The van der Waals surface area contributed by atoms with E-state index in [1.807, 2.05) is 17.4 Å². The second-order valence-corrected chi connectivity index (χ2v) is 17.6. The van der Waals surface area contributed by atoms with Crippen LogP contribution in [0.5, 0.6) is 0 Å². The van der Waals surface area contributed by atoms with Crippen LogP contribution in [0.3, 0.4) is 0 Å². The van der Waals surface area contributed by atoms with Crippen LogP contribution < -0.4 is 9.75 Å². The minimum Gasteiger partial charge on any atom is -0.456 e. The zero-order chi connectivity index (χ0) is 39.3. The first kappa shape index (κ1) is 33.9. The Balaban J connectivity index is 0.980. The predicted octanol–water partition coefficient (Wildman–Crippen LogP) is 15.0. The molecule has 60 heavy (non-hydrogen) atoms. The molecule has 282 valence electrons. The maximum atomic E-state index is 6.25. The highest BCUT2D eigenvalue weighted by Crippen LogP contribution is 2.47. The second kappa shape index (κ2) is 13.3. The van der Waals surface area contributed by atoms with Gasteiger partial charge < -0.3 is 4.42 Å². The Morgan fingerprint density at radius 3 is 1.85 bits per heavy atom. The van der Waals surface area contributed by atoms with Crippen molar-refractivity contribution in [2.24, 2.45) is 0 Å². The number of hydrogen-bond acceptors (Lipinski definition) is 2. The fourth-order valence-electron chi connectivity index (χ4n) is 10.7. The molecule has 0 spiro atoms. The van der Waals surface area contributed by atoms with Gasteiger partial charge in [0, 0.05) is 31.3 Å². The van der Waals surface area contributed by atoms with Crippen LogP contribution in [0.15, 0.2) is 174 Å². The quantitative estimate of drug-likeness (QED) is 0.162. The van der Waals surface area contributed by atoms with Gasteiger partial charge in [-0.2, -0.15) is 0 Å². The summed E-state index contributed by atoms with van der Waals surface area (Å²) in [5.74, 6) is 0.277. The van der Waals surface area contributed by atoms with E-state index in [0.717, 1.165) is 35.8 Å². The molecule has 2 aliphatic rings. The van der Waals surface area contributed by atoms with E-state index in [1.165, 1.54) is 108 Å². The van der Waals surface area contributed by atoms with E-state index < -0.39 is 0 Å². The molecule has 0 radical (unpaired) electrons. The van der Waals surface area contributed by atoms with Gasteiger partial charge in [0.15, 0.2) is 0 Å². The maximum Gasteiger partial charge on any atom is 0.135 e. The lowest BCUT2D eigenvalue weighted by atomic mass is 9.80. The molecule has 1 atom stereocenters. The Morgan fingerprint density at radius 1 is 0.483 bits per heavy atom. The monoisotopic (exact) mass is 782 g/mol. The number of allylic oxidation sites excluding steroid dienone is 1. The number of para-hydroxylation sites is 1. The third kappa shape index (κ3) is 5.04. The number of rotatable bonds is 4. The van der Waals surface area contributed by atoms with Crippen LogP contribution in [-0.2, 0) is 6.42 Å². The van der Waals surface area contributed by atoms with Crippen molar-refractivity contribution < 1.29 is 4.42 Å². The normalized spacial score (nSPS) is 14.8. The van der Waals surface area contributed by atoms with E-state index in [9.17, 15) is 0 Å². The largest absolute Gasteiger partial charge is 0.456 e. The van der Waals surface area contributed by atoms with Crippen molar-refractivity contribution in [3.8, 4) is 33.4 Å². The van der Waals surface area contributed by atoms with Crippen molar-refractivity contribution in [1.29, 1.82) is 0 Å². The third-order valence-electron chi connectivity index (χ3n) is 13.3. The summed E-state index contributed by atoms with van der Waals surface area (Å²) in [6.45, 7) is 0. The molecular weight excluding hydrogens is 745 g/mol. The summed E-state index contributed by atoms with van der Waals surface area (Å²) in [6.07, 6.45) is 12.9. The molecule has 11 aromatic rings. The number of furan rings is 1. The summed E-state index contributed by atoms with van der Waals surface area (Å²) in [7, 11) is 0. The van der Waals surface area contributed by atoms with Crippen LogP contribution in [-0.4, -0.2) is 0 Å². The molecule has 0 fully saturated rings. The molecule has 2 heterocycles. The zero-order valence-corrected chi connectivity index (χ0v) is 33.7. The van der Waals surface area contributed by atoms with E-state index in [1.54, 1.807) is 0 Å². The van der Waals surface area contributed by atoms with Crippen LogP contribution in [0.1, 0.15) is 35.4 Å². The Hall–Kier alpha value is -7.00. The lowest BCUT2D eigenvalue weighted by Gasteiger charge is -2.24. The highest BCUT2D eigenvalue weighted by atomic mass is 32.1. The van der Waals surface area contributed by atoms with Crippen molar-refractivity contribution >= 4 is 93.9 Å². The summed E-state index contributed by atoms with van der Waals surface area (Å²) in [6, 6.07) is 60.5. The lowest BCUT2D eigenvalue weighted by Crippen LogP contribution is -2.23. The molecule has 2 aromatic heterocycles. The molecule has 0 aliphatic heterocycles. The standard InChI is InChI=1S/C58H38OS/c1-2-14-35(15-3-1)55-41-17-4-6-19-43(41)58(44-20-7-5-18-42(44)55)38-26-29-40-50-33-37(28-31-53(50)60-54(40)34-38)57-47-23-10-8-21-45(47)56(46-22-9-11-24-48(46)57)36-27-30-52-49(32-36)39-16-12-13-25-51(39)59-52/h1-10,12-23,25,27-34,38H,11,24,26H2. The highest BCUT2D eigenvalue weighted by Gasteiger charge is 2.25. The molecule has 0 saturated heterocycles. The smallest absolute Gasteiger partial charge is 0.135 e. The molecule has 0 bridgehead atoms. The molecule has 0 amide bonds. The van der Waals surface area contributed by atoms with E-state index in [-0.39, 0.29) is 5.92 Å². The Kier molecular flexibility index (Phi) is 7.50. The van der Waals surface area contributed by atoms with Crippen LogP contribution >= 0.6 is 11.3 Å². The second-order valence-electron chi connectivity index (χ2n) is 16.5. The first-order chi connectivity index (χ1) is 29.8. The van der Waals surface area contributed by atoms with E-state index >= 15 is 0 Å². The van der Waals surface area contributed by atoms with Gasteiger partial charge in [-0.25, -0.2) is 0 Å². The van der Waals surface area contributed by atoms with Crippen LogP contribution in [0, 0.1) is 0 Å². The van der Waals surface area contributed by atoms with Crippen LogP contribution in [0.25, 0.3) is 116 Å². The fourth-order valence-corrected chi connectivity index (χ4v) is 11.9. The van der Waals surface area contributed by atoms with Crippen molar-refractivity contribution in [3.05, 3.63) is 196 Å². The Morgan fingerprint density at radius 2 is 1.08 bits per heavy atom. The Labute approximate surface area is 351 Å². The maximum absolute atomic E-state index is 6.25. The summed E-state index contributed by atoms with van der Waals surface area (Å²) in [4.78, 5) is 0. The molecular formula is C58H38OS. The summed E-state index contributed by atoms with van der Waals surface area (Å²) in [5, 5.41) is 13.0. The van der Waals surface area contributed by atoms with Crippen LogP contribution in [0.2, 0.25) is 0 Å². The molecule has 2 heteroatoms. The first-order valence-electron chi connectivity index (χ1n) is 21.2. The topological polar surface area (TPSA) is 13.1 Å². The van der Waals surface area contributed by atoms with Crippen molar-refractivity contribution in [1.82, 2.24) is 0 Å². The molecule has 9 aromatic carbocycles. The minimum absolute atomic E-state index is 0.277. The van der Waals surface area contributed by atoms with Crippen LogP contribution in [0.4, 0.5) is 0 Å². The molecule has 0 saturated carbocycles. The van der Waals surface area contributed by atoms with Gasteiger partial charge in [-0.15, -0.1) is 11.3 Å². The van der Waals surface area contributed by atoms with Crippen molar-refractivity contribution in [2.45, 2.75) is 25.2 Å². The van der Waals surface area contributed by atoms with E-state index in [0.29, 0.717) is 0 Å². The van der Waals surface area contributed by atoms with E-state index in [4.69, 9.17) is 4.42 Å². The van der Waals surface area contributed by atoms with Gasteiger partial charge in [-0.05, 0) is 137 Å². The third-order valence-corrected chi connectivity index (χ3v) is 14.4. The van der Waals surface area contributed by atoms with Gasteiger partial charge in [0.05, 0.1) is 0 Å². The zero-order valence-electron chi connectivity index (χ0n) is 32.9. The lowest BCUT2D eigenvalue weighted by molar-refractivity contribution is 0.669. The van der Waals surface area contributed by atoms with Crippen molar-refractivity contribution in [3.63, 3.8) is 0 Å². The molecule has 1 nitrogen and oxygen atoms in total. The highest BCUT2D eigenvalue weighted by molar-refractivity contribution is 7.17. The number of fused-ring (bicyclic) bond motifs is 10. The summed E-state index contributed by atoms with van der Waals surface area (Å²) in [5.41, 5.74) is 13.9. The molecule has 13 rings (SSSR count). The van der Waals surface area contributed by atoms with Gasteiger partial charge >= 0.3 is 0 Å². The summed E-state index contributed by atoms with van der Waals surface area (Å²) < 4.78 is 8.98. The average Bonchev–Trinajstić information content (AvgIpc) is 3.87. The van der Waals surface area contributed by atoms with Gasteiger partial charge in [-0.3, -0.25) is 0 Å². The molecule has 1 unspecified atom stereocenters. The van der Waals surface area contributed by atoms with Gasteiger partial charge in [0.2, 0.25) is 0 Å². The van der Waals surface area contributed by atoms with Gasteiger partial charge in [-0.1, -0.05) is 158 Å². The predicted molar refractivity (Wildman–Crippen MR) is 257 cm³/mol. The molecule has 2 aliphatic carbocycles. The molecule has 0 N–H and O–H groups in total. The van der Waals surface area contributed by atoms with Gasteiger partial charge in [0.1, 0.15) is 11.2 Å². The first-order valence-corrected chi connectivity index (χ1v) is 22.0. The summed E-state index contributed by atoms with van der Waals surface area (Å²) >= 11 is 1.94. The number of hydrogen-bond donors (Lipinski definition) is 0. The van der Waals surface area contributed by atoms with E-state index in [2.05, 4.69) is 182 Å². The van der Waals surface area contributed by atoms with Gasteiger partial charge in [0.25, 0.3) is 0 Å². The average molecular weight is 783 g/mol. The number of thiophene rings is 1. The van der Waals surface area contributed by atoms with Crippen molar-refractivity contribution in [2.75, 3.05) is 0 Å².